The second-order valence-electron chi connectivity index (χ2n) is 2.97. The van der Waals surface area contributed by atoms with Gasteiger partial charge in [-0.25, -0.2) is 4.98 Å². The lowest BCUT2D eigenvalue weighted by Gasteiger charge is -2.06. The molecule has 0 aromatic carbocycles. The Hall–Kier alpha value is -1.36. The first kappa shape index (κ1) is 15.6. The lowest BCUT2D eigenvalue weighted by Crippen LogP contribution is -1.98. The molecule has 3 N–H and O–H groups in total. The predicted molar refractivity (Wildman–Crippen MR) is 76.3 cm³/mol. The Labute approximate surface area is 110 Å². The molecule has 0 aliphatic rings. The van der Waals surface area contributed by atoms with E-state index in [-0.39, 0.29) is 5.75 Å². The van der Waals surface area contributed by atoms with Crippen LogP contribution in [0, 0.1) is 6.92 Å². The van der Waals surface area contributed by atoms with Crippen LogP contribution in [0.4, 0.5) is 0 Å². The molecule has 1 rings (SSSR count). The third-order valence-corrected chi connectivity index (χ3v) is 2.45. The standard InChI is InChI=1S/C10H12BrN3O.C2H6/c1-6-3-8(15)10(11)14-9(6)7(4-12)5-13-2;1-2/h3-5,15H,12H2,1-2H3;1-2H3/b7-4+,13-5?;. The lowest BCUT2D eigenvalue weighted by molar-refractivity contribution is 0.468. The van der Waals surface area contributed by atoms with Crippen LogP contribution in [0.2, 0.25) is 0 Å². The van der Waals surface area contributed by atoms with Crippen LogP contribution in [0.25, 0.3) is 5.57 Å². The molecule has 5 heteroatoms. The van der Waals surface area contributed by atoms with Gasteiger partial charge in [-0.05, 0) is 34.5 Å². The second-order valence-corrected chi connectivity index (χ2v) is 3.72. The fraction of sp³-hybridized carbons (Fsp3) is 0.333. The van der Waals surface area contributed by atoms with Crippen LogP contribution in [0.3, 0.4) is 0 Å². The molecule has 0 amide bonds. The van der Waals surface area contributed by atoms with Crippen LogP contribution in [0.15, 0.2) is 21.9 Å². The molecule has 0 fully saturated rings. The number of aromatic nitrogens is 1. The lowest BCUT2D eigenvalue weighted by atomic mass is 10.1. The van der Waals surface area contributed by atoms with Crippen LogP contribution in [0.5, 0.6) is 5.75 Å². The summed E-state index contributed by atoms with van der Waals surface area (Å²) in [6.45, 7) is 5.85. The van der Waals surface area contributed by atoms with Gasteiger partial charge in [0.2, 0.25) is 0 Å². The summed E-state index contributed by atoms with van der Waals surface area (Å²) in [6, 6.07) is 1.62. The summed E-state index contributed by atoms with van der Waals surface area (Å²) in [5, 5.41) is 9.42. The zero-order valence-corrected chi connectivity index (χ0v) is 12.1. The van der Waals surface area contributed by atoms with Crippen molar-refractivity contribution >= 4 is 27.7 Å². The van der Waals surface area contributed by atoms with E-state index in [1.807, 2.05) is 20.8 Å². The zero-order valence-electron chi connectivity index (χ0n) is 10.5. The maximum Gasteiger partial charge on any atom is 0.148 e. The predicted octanol–water partition coefficient (Wildman–Crippen LogP) is 2.88. The van der Waals surface area contributed by atoms with Gasteiger partial charge in [0.25, 0.3) is 0 Å². The molecule has 17 heavy (non-hydrogen) atoms. The summed E-state index contributed by atoms with van der Waals surface area (Å²) >= 11 is 3.16. The highest BCUT2D eigenvalue weighted by Crippen LogP contribution is 2.26. The van der Waals surface area contributed by atoms with Crippen LogP contribution < -0.4 is 5.73 Å². The molecule has 0 aliphatic heterocycles. The fourth-order valence-electron chi connectivity index (χ4n) is 1.19. The Bertz CT molecular complexity index is 428. The number of aromatic hydroxyl groups is 1. The van der Waals surface area contributed by atoms with Crippen LogP contribution in [0.1, 0.15) is 25.1 Å². The molecular weight excluding hydrogens is 282 g/mol. The third-order valence-electron chi connectivity index (χ3n) is 1.87. The number of nitrogens with two attached hydrogens (primary N) is 1. The number of hydrogen-bond acceptors (Lipinski definition) is 4. The Balaban J connectivity index is 0.00000121. The Kier molecular flexibility index (Phi) is 7.21. The van der Waals surface area contributed by atoms with Crippen molar-refractivity contribution in [2.45, 2.75) is 20.8 Å². The van der Waals surface area contributed by atoms with Crippen LogP contribution >= 0.6 is 15.9 Å². The molecule has 0 unspecified atom stereocenters. The van der Waals surface area contributed by atoms with E-state index < -0.39 is 0 Å². The van der Waals surface area contributed by atoms with Gasteiger partial charge in [-0.3, -0.25) is 4.99 Å². The van der Waals surface area contributed by atoms with Crippen molar-refractivity contribution in [2.75, 3.05) is 7.05 Å². The molecule has 94 valence electrons. The molecule has 0 atom stereocenters. The summed E-state index contributed by atoms with van der Waals surface area (Å²) in [5.41, 5.74) is 7.74. The van der Waals surface area contributed by atoms with Gasteiger partial charge in [-0.1, -0.05) is 13.8 Å². The molecular formula is C12H18BrN3O. The Morgan fingerprint density at radius 3 is 2.59 bits per heavy atom. The average Bonchev–Trinajstić information content (AvgIpc) is 2.34. The number of rotatable bonds is 2. The minimum atomic E-state index is 0.112. The quantitative estimate of drug-likeness (QED) is 0.651. The number of aliphatic imine (C=N–C) groups is 1. The molecule has 0 bridgehead atoms. The van der Waals surface area contributed by atoms with Crippen molar-refractivity contribution in [3.8, 4) is 5.75 Å². The first-order chi connectivity index (χ1) is 8.10. The highest BCUT2D eigenvalue weighted by Gasteiger charge is 2.09. The van der Waals surface area contributed by atoms with Gasteiger partial charge in [0.15, 0.2) is 0 Å². The monoisotopic (exact) mass is 299 g/mol. The Morgan fingerprint density at radius 1 is 1.53 bits per heavy atom. The molecule has 0 spiro atoms. The molecule has 0 saturated heterocycles. The molecule has 0 aliphatic carbocycles. The number of allylic oxidation sites excluding steroid dienone is 1. The first-order valence-corrected chi connectivity index (χ1v) is 6.10. The highest BCUT2D eigenvalue weighted by atomic mass is 79.9. The third kappa shape index (κ3) is 4.19. The van der Waals surface area contributed by atoms with Crippen molar-refractivity contribution in [1.82, 2.24) is 4.98 Å². The van der Waals surface area contributed by atoms with Crippen molar-refractivity contribution in [3.63, 3.8) is 0 Å². The summed E-state index contributed by atoms with van der Waals surface area (Å²) in [4.78, 5) is 8.07. The summed E-state index contributed by atoms with van der Waals surface area (Å²) in [7, 11) is 1.66. The molecule has 0 saturated carbocycles. The second kappa shape index (κ2) is 7.84. The van der Waals surface area contributed by atoms with Gasteiger partial charge in [0.1, 0.15) is 10.4 Å². The van der Waals surface area contributed by atoms with Gasteiger partial charge in [0.05, 0.1) is 5.69 Å². The maximum absolute atomic E-state index is 9.42. The topological polar surface area (TPSA) is 71.5 Å². The largest absolute Gasteiger partial charge is 0.505 e. The number of hydrogen-bond donors (Lipinski definition) is 2. The summed E-state index contributed by atoms with van der Waals surface area (Å²) < 4.78 is 0.395. The van der Waals surface area contributed by atoms with E-state index in [9.17, 15) is 5.11 Å². The van der Waals surface area contributed by atoms with Crippen LogP contribution in [-0.4, -0.2) is 23.4 Å². The van der Waals surface area contributed by atoms with E-state index in [4.69, 9.17) is 5.73 Å². The van der Waals surface area contributed by atoms with Gasteiger partial charge >= 0.3 is 0 Å². The summed E-state index contributed by atoms with van der Waals surface area (Å²) in [6.07, 6.45) is 3.06. The highest BCUT2D eigenvalue weighted by molar-refractivity contribution is 9.10. The smallest absolute Gasteiger partial charge is 0.148 e. The Morgan fingerprint density at radius 2 is 2.12 bits per heavy atom. The normalized spacial score (nSPS) is 11.2. The van der Waals surface area contributed by atoms with E-state index in [0.29, 0.717) is 10.3 Å². The maximum atomic E-state index is 9.42. The number of halogens is 1. The average molecular weight is 300 g/mol. The van der Waals surface area contributed by atoms with E-state index in [0.717, 1.165) is 11.1 Å². The molecule has 1 heterocycles. The van der Waals surface area contributed by atoms with Gasteiger partial charge in [-0.15, -0.1) is 0 Å². The van der Waals surface area contributed by atoms with E-state index in [2.05, 4.69) is 25.9 Å². The molecule has 1 aromatic heterocycles. The SMILES string of the molecule is CC.CN=C/C(=C\N)c1nc(Br)c(O)cc1C. The minimum Gasteiger partial charge on any atom is -0.505 e. The number of nitrogens with zero attached hydrogens (tertiary/aromatic N) is 2. The minimum absolute atomic E-state index is 0.112. The van der Waals surface area contributed by atoms with Crippen molar-refractivity contribution in [1.29, 1.82) is 0 Å². The first-order valence-electron chi connectivity index (χ1n) is 5.30. The van der Waals surface area contributed by atoms with Gasteiger partial charge in [-0.2, -0.15) is 0 Å². The van der Waals surface area contributed by atoms with Crippen molar-refractivity contribution < 1.29 is 5.11 Å². The number of aryl methyl sites for hydroxylation is 1. The molecule has 0 radical (unpaired) electrons. The van der Waals surface area contributed by atoms with Gasteiger partial charge < -0.3 is 10.8 Å². The summed E-state index contributed by atoms with van der Waals surface area (Å²) in [5.74, 6) is 0.112. The number of pyridine rings is 1. The van der Waals surface area contributed by atoms with Crippen molar-refractivity contribution in [3.05, 3.63) is 28.1 Å². The van der Waals surface area contributed by atoms with E-state index in [1.54, 1.807) is 19.3 Å². The molecule has 1 aromatic rings. The zero-order chi connectivity index (χ0) is 13.4. The van der Waals surface area contributed by atoms with E-state index in [1.165, 1.54) is 6.20 Å². The van der Waals surface area contributed by atoms with Crippen LogP contribution in [-0.2, 0) is 0 Å². The van der Waals surface area contributed by atoms with Crippen molar-refractivity contribution in [2.24, 2.45) is 10.7 Å². The fourth-order valence-corrected chi connectivity index (χ4v) is 1.48. The van der Waals surface area contributed by atoms with E-state index >= 15 is 0 Å². The van der Waals surface area contributed by atoms with Gasteiger partial charge in [0, 0.05) is 25.0 Å². The molecule has 4 nitrogen and oxygen atoms in total.